The second-order valence-electron chi connectivity index (χ2n) is 3.17. The summed E-state index contributed by atoms with van der Waals surface area (Å²) in [6, 6.07) is 0. The highest BCUT2D eigenvalue weighted by Crippen LogP contribution is 2.09. The van der Waals surface area contributed by atoms with Gasteiger partial charge in [-0.2, -0.15) is 5.10 Å². The summed E-state index contributed by atoms with van der Waals surface area (Å²) in [5.74, 6) is -0.408. The number of carbonyl (C=O) groups is 1. The molecule has 2 aromatic heterocycles. The minimum absolute atomic E-state index is 0.0962. The molecule has 0 spiro atoms. The van der Waals surface area contributed by atoms with Gasteiger partial charge in [-0.1, -0.05) is 0 Å². The first-order valence-corrected chi connectivity index (χ1v) is 5.55. The number of rotatable bonds is 5. The van der Waals surface area contributed by atoms with Gasteiger partial charge in [-0.15, -0.1) is 11.3 Å². The number of nitrogens with two attached hydrogens (primary N) is 1. The van der Waals surface area contributed by atoms with Crippen molar-refractivity contribution in [3.63, 3.8) is 0 Å². The Morgan fingerprint density at radius 1 is 1.62 bits per heavy atom. The normalized spacial score (nSPS) is 10.2. The van der Waals surface area contributed by atoms with Crippen LogP contribution in [0.4, 0.5) is 5.69 Å². The van der Waals surface area contributed by atoms with Gasteiger partial charge < -0.3 is 11.1 Å². The molecule has 0 atom stereocenters. The zero-order valence-corrected chi connectivity index (χ0v) is 9.28. The standard InChI is InChI=1S/C9H11N5OS/c10-8(15)6-14-5-7(3-13-14)12-4-9-11-1-2-16-9/h1-3,5,12H,4,6H2,(H2,10,15). The number of thiazole rings is 1. The lowest BCUT2D eigenvalue weighted by Crippen LogP contribution is -2.18. The molecule has 0 radical (unpaired) electrons. The first kappa shape index (κ1) is 10.6. The Labute approximate surface area is 96.1 Å². The molecule has 84 valence electrons. The summed E-state index contributed by atoms with van der Waals surface area (Å²) in [5.41, 5.74) is 5.90. The Balaban J connectivity index is 1.90. The fourth-order valence-corrected chi connectivity index (χ4v) is 1.77. The van der Waals surface area contributed by atoms with Crippen LogP contribution in [0.1, 0.15) is 5.01 Å². The number of primary amides is 1. The Morgan fingerprint density at radius 2 is 2.50 bits per heavy atom. The molecule has 16 heavy (non-hydrogen) atoms. The molecular formula is C9H11N5OS. The van der Waals surface area contributed by atoms with E-state index in [1.54, 1.807) is 29.9 Å². The number of carbonyl (C=O) groups excluding carboxylic acids is 1. The fourth-order valence-electron chi connectivity index (χ4n) is 1.22. The van der Waals surface area contributed by atoms with Gasteiger partial charge in [0.25, 0.3) is 0 Å². The van der Waals surface area contributed by atoms with Gasteiger partial charge in [-0.25, -0.2) is 4.98 Å². The van der Waals surface area contributed by atoms with Crippen molar-refractivity contribution in [3.8, 4) is 0 Å². The van der Waals surface area contributed by atoms with E-state index in [0.717, 1.165) is 10.7 Å². The second kappa shape index (κ2) is 4.75. The van der Waals surface area contributed by atoms with Gasteiger partial charge >= 0.3 is 0 Å². The largest absolute Gasteiger partial charge is 0.376 e. The summed E-state index contributed by atoms with van der Waals surface area (Å²) < 4.78 is 1.49. The molecule has 0 aliphatic rings. The lowest BCUT2D eigenvalue weighted by molar-refractivity contribution is -0.118. The van der Waals surface area contributed by atoms with Gasteiger partial charge in [0.15, 0.2) is 0 Å². The minimum Gasteiger partial charge on any atom is -0.376 e. The van der Waals surface area contributed by atoms with Crippen LogP contribution in [0.5, 0.6) is 0 Å². The van der Waals surface area contributed by atoms with E-state index < -0.39 is 5.91 Å². The molecule has 0 fully saturated rings. The van der Waals surface area contributed by atoms with E-state index in [9.17, 15) is 4.79 Å². The molecule has 0 saturated heterocycles. The van der Waals surface area contributed by atoms with Crippen molar-refractivity contribution in [2.24, 2.45) is 5.73 Å². The van der Waals surface area contributed by atoms with Crippen LogP contribution in [0.3, 0.4) is 0 Å². The highest BCUT2D eigenvalue weighted by atomic mass is 32.1. The maximum absolute atomic E-state index is 10.7. The van der Waals surface area contributed by atoms with Crippen LogP contribution in [0.25, 0.3) is 0 Å². The molecule has 6 nitrogen and oxygen atoms in total. The Morgan fingerprint density at radius 3 is 3.19 bits per heavy atom. The Bertz CT molecular complexity index is 464. The van der Waals surface area contributed by atoms with Crippen LogP contribution in [0, 0.1) is 0 Å². The predicted octanol–water partition coefficient (Wildman–Crippen LogP) is 0.437. The van der Waals surface area contributed by atoms with Gasteiger partial charge in [0, 0.05) is 17.8 Å². The zero-order valence-electron chi connectivity index (χ0n) is 8.46. The van der Waals surface area contributed by atoms with Crippen molar-refractivity contribution in [2.75, 3.05) is 5.32 Å². The van der Waals surface area contributed by atoms with E-state index >= 15 is 0 Å². The molecule has 3 N–H and O–H groups in total. The molecule has 2 heterocycles. The van der Waals surface area contributed by atoms with Gasteiger partial charge in [0.05, 0.1) is 18.4 Å². The molecule has 0 bridgehead atoms. The maximum Gasteiger partial charge on any atom is 0.239 e. The average Bonchev–Trinajstić information content (AvgIpc) is 2.84. The molecule has 2 aromatic rings. The minimum atomic E-state index is -0.408. The van der Waals surface area contributed by atoms with Crippen molar-refractivity contribution in [1.82, 2.24) is 14.8 Å². The van der Waals surface area contributed by atoms with E-state index in [1.807, 2.05) is 5.38 Å². The smallest absolute Gasteiger partial charge is 0.239 e. The quantitative estimate of drug-likeness (QED) is 0.790. The fraction of sp³-hybridized carbons (Fsp3) is 0.222. The van der Waals surface area contributed by atoms with Gasteiger partial charge in [0.1, 0.15) is 11.6 Å². The van der Waals surface area contributed by atoms with Crippen molar-refractivity contribution >= 4 is 22.9 Å². The summed E-state index contributed by atoms with van der Waals surface area (Å²) in [7, 11) is 0. The Hall–Kier alpha value is -1.89. The third-order valence-corrected chi connectivity index (χ3v) is 2.66. The van der Waals surface area contributed by atoms with E-state index in [-0.39, 0.29) is 6.54 Å². The highest BCUT2D eigenvalue weighted by Gasteiger charge is 2.01. The molecule has 2 rings (SSSR count). The summed E-state index contributed by atoms with van der Waals surface area (Å²) in [4.78, 5) is 14.8. The average molecular weight is 237 g/mol. The zero-order chi connectivity index (χ0) is 11.4. The number of amides is 1. The number of nitrogens with zero attached hydrogens (tertiary/aromatic N) is 3. The van der Waals surface area contributed by atoms with E-state index in [0.29, 0.717) is 6.54 Å². The molecule has 0 saturated carbocycles. The topological polar surface area (TPSA) is 85.8 Å². The van der Waals surface area contributed by atoms with E-state index in [2.05, 4.69) is 15.4 Å². The number of anilines is 1. The SMILES string of the molecule is NC(=O)Cn1cc(NCc2nccs2)cn1. The van der Waals surface area contributed by atoms with E-state index in [1.165, 1.54) is 4.68 Å². The van der Waals surface area contributed by atoms with Gasteiger partial charge in [-0.3, -0.25) is 9.48 Å². The van der Waals surface area contributed by atoms with Crippen LogP contribution in [0.2, 0.25) is 0 Å². The maximum atomic E-state index is 10.7. The number of aromatic nitrogens is 3. The van der Waals surface area contributed by atoms with Crippen LogP contribution in [0.15, 0.2) is 24.0 Å². The lowest BCUT2D eigenvalue weighted by atomic mass is 10.5. The molecule has 7 heteroatoms. The molecule has 1 amide bonds. The van der Waals surface area contributed by atoms with Crippen molar-refractivity contribution in [3.05, 3.63) is 29.0 Å². The second-order valence-corrected chi connectivity index (χ2v) is 4.15. The molecular weight excluding hydrogens is 226 g/mol. The summed E-state index contributed by atoms with van der Waals surface area (Å²) in [5, 5.41) is 10.1. The lowest BCUT2D eigenvalue weighted by Gasteiger charge is -1.99. The summed E-state index contributed by atoms with van der Waals surface area (Å²) in [6.07, 6.45) is 5.15. The first-order valence-electron chi connectivity index (χ1n) is 4.67. The molecule has 0 aliphatic heterocycles. The van der Waals surface area contributed by atoms with Crippen molar-refractivity contribution in [2.45, 2.75) is 13.1 Å². The van der Waals surface area contributed by atoms with Crippen LogP contribution >= 0.6 is 11.3 Å². The number of nitrogens with one attached hydrogen (secondary N) is 1. The summed E-state index contributed by atoms with van der Waals surface area (Å²) >= 11 is 1.58. The van der Waals surface area contributed by atoms with Gasteiger partial charge in [0.2, 0.25) is 5.91 Å². The van der Waals surface area contributed by atoms with Crippen molar-refractivity contribution in [1.29, 1.82) is 0 Å². The number of hydrogen-bond donors (Lipinski definition) is 2. The third-order valence-electron chi connectivity index (χ3n) is 1.88. The molecule has 0 aliphatic carbocycles. The highest BCUT2D eigenvalue weighted by molar-refractivity contribution is 7.09. The van der Waals surface area contributed by atoms with Crippen LogP contribution in [-0.4, -0.2) is 20.7 Å². The molecule has 0 aromatic carbocycles. The monoisotopic (exact) mass is 237 g/mol. The predicted molar refractivity (Wildman–Crippen MR) is 60.9 cm³/mol. The summed E-state index contributed by atoms with van der Waals surface area (Å²) in [6.45, 7) is 0.749. The van der Waals surface area contributed by atoms with Crippen molar-refractivity contribution < 1.29 is 4.79 Å². The Kier molecular flexibility index (Phi) is 3.16. The number of hydrogen-bond acceptors (Lipinski definition) is 5. The van der Waals surface area contributed by atoms with Crippen LogP contribution in [-0.2, 0) is 17.9 Å². The van der Waals surface area contributed by atoms with Crippen LogP contribution < -0.4 is 11.1 Å². The molecule has 0 unspecified atom stereocenters. The van der Waals surface area contributed by atoms with Gasteiger partial charge in [-0.05, 0) is 0 Å². The van der Waals surface area contributed by atoms with E-state index in [4.69, 9.17) is 5.73 Å². The first-order chi connectivity index (χ1) is 7.74. The third kappa shape index (κ3) is 2.80.